The zero-order chi connectivity index (χ0) is 19.6. The Morgan fingerprint density at radius 1 is 0.724 bits per heavy atom. The van der Waals surface area contributed by atoms with Gasteiger partial charge in [-0.15, -0.1) is 0 Å². The Balaban J connectivity index is 1.64. The van der Waals surface area contributed by atoms with Crippen molar-refractivity contribution in [2.75, 3.05) is 4.90 Å². The number of hydrogen-bond acceptors (Lipinski definition) is 2. The molecule has 144 valence electrons. The van der Waals surface area contributed by atoms with Crippen LogP contribution in [0.5, 0.6) is 0 Å². The predicted octanol–water partition coefficient (Wildman–Crippen LogP) is 4.68. The molecule has 3 heteroatoms. The van der Waals surface area contributed by atoms with Crippen LogP contribution < -0.4 is 20.8 Å². The van der Waals surface area contributed by atoms with Crippen LogP contribution in [0.15, 0.2) is 109 Å². The van der Waals surface area contributed by atoms with Gasteiger partial charge in [-0.25, -0.2) is 0 Å². The Morgan fingerprint density at radius 2 is 1.31 bits per heavy atom. The highest BCUT2D eigenvalue weighted by atomic mass is 31.1. The average molecular weight is 396 g/mol. The molecule has 3 unspecified atom stereocenters. The highest BCUT2D eigenvalue weighted by Crippen LogP contribution is 2.46. The summed E-state index contributed by atoms with van der Waals surface area (Å²) in [6, 6.07) is 31.6. The van der Waals surface area contributed by atoms with E-state index in [1.165, 1.54) is 21.9 Å². The highest BCUT2D eigenvalue weighted by Gasteiger charge is 2.43. The smallest absolute Gasteiger partial charge is 0.109 e. The van der Waals surface area contributed by atoms with Crippen molar-refractivity contribution < 1.29 is 0 Å². The number of hydrogen-bond donors (Lipinski definition) is 1. The molecule has 0 spiro atoms. The van der Waals surface area contributed by atoms with Crippen LogP contribution in [-0.2, 0) is 0 Å². The van der Waals surface area contributed by atoms with Crippen LogP contribution in [0.2, 0.25) is 0 Å². The second kappa shape index (κ2) is 7.99. The van der Waals surface area contributed by atoms with Gasteiger partial charge in [0.2, 0.25) is 0 Å². The first-order chi connectivity index (χ1) is 14.3. The monoisotopic (exact) mass is 396 g/mol. The zero-order valence-electron chi connectivity index (χ0n) is 16.5. The molecule has 2 nitrogen and oxygen atoms in total. The fraction of sp³-hybridized carbons (Fsp3) is 0.154. The quantitative estimate of drug-likeness (QED) is 0.644. The molecule has 1 N–H and O–H groups in total. The summed E-state index contributed by atoms with van der Waals surface area (Å²) in [5.41, 5.74) is 2.57. The van der Waals surface area contributed by atoms with Crippen LogP contribution in [0, 0.1) is 6.92 Å². The second-order valence-electron chi connectivity index (χ2n) is 7.61. The zero-order valence-corrected chi connectivity index (χ0v) is 17.4. The maximum absolute atomic E-state index is 3.97. The van der Waals surface area contributed by atoms with E-state index in [2.05, 4.69) is 126 Å². The fourth-order valence-corrected chi connectivity index (χ4v) is 6.98. The van der Waals surface area contributed by atoms with Crippen molar-refractivity contribution in [3.8, 4) is 0 Å². The summed E-state index contributed by atoms with van der Waals surface area (Å²) < 4.78 is 0. The fourth-order valence-electron chi connectivity index (χ4n) is 4.27. The van der Waals surface area contributed by atoms with Gasteiger partial charge in [-0.2, -0.15) is 0 Å². The third-order valence-corrected chi connectivity index (χ3v) is 8.27. The lowest BCUT2D eigenvalue weighted by atomic mass is 10.0. The number of nitrogens with one attached hydrogen (secondary N) is 1. The normalized spacial score (nSPS) is 22.8. The molecule has 29 heavy (non-hydrogen) atoms. The van der Waals surface area contributed by atoms with Crippen LogP contribution >= 0.6 is 7.92 Å². The maximum atomic E-state index is 3.97. The summed E-state index contributed by atoms with van der Waals surface area (Å²) in [6.45, 7) is 2.15. The van der Waals surface area contributed by atoms with Gasteiger partial charge in [-0.3, -0.25) is 5.32 Å². The lowest BCUT2D eigenvalue weighted by molar-refractivity contribution is 0.684. The number of rotatable bonds is 4. The van der Waals surface area contributed by atoms with E-state index >= 15 is 0 Å². The first kappa shape index (κ1) is 18.4. The van der Waals surface area contributed by atoms with Gasteiger partial charge in [-0.05, 0) is 37.6 Å². The molecule has 5 rings (SSSR count). The Kier molecular flexibility index (Phi) is 5.06. The highest BCUT2D eigenvalue weighted by molar-refractivity contribution is 7.73. The lowest BCUT2D eigenvalue weighted by Gasteiger charge is -2.36. The molecular weight excluding hydrogens is 371 g/mol. The molecule has 2 aliphatic rings. The van der Waals surface area contributed by atoms with Crippen LogP contribution in [-0.4, -0.2) is 18.0 Å². The second-order valence-corrected chi connectivity index (χ2v) is 9.87. The Labute approximate surface area is 174 Å². The molecule has 1 heterocycles. The minimum atomic E-state index is -0.612. The van der Waals surface area contributed by atoms with E-state index in [4.69, 9.17) is 0 Å². The Bertz CT molecular complexity index is 972. The number of aryl methyl sites for hydroxylation is 1. The van der Waals surface area contributed by atoms with E-state index in [1.54, 1.807) is 0 Å². The largest absolute Gasteiger partial charge is 0.343 e. The number of fused-ring (bicyclic) bond motifs is 1. The van der Waals surface area contributed by atoms with E-state index in [-0.39, 0.29) is 5.91 Å². The van der Waals surface area contributed by atoms with Crippen LogP contribution in [0.25, 0.3) is 0 Å². The van der Waals surface area contributed by atoms with E-state index in [9.17, 15) is 0 Å². The summed E-state index contributed by atoms with van der Waals surface area (Å²) in [5, 5.41) is 6.77. The average Bonchev–Trinajstić information content (AvgIpc) is 3.15. The summed E-state index contributed by atoms with van der Waals surface area (Å²) in [7, 11) is -0.612. The third-order valence-electron chi connectivity index (χ3n) is 5.68. The minimum absolute atomic E-state index is 0.222. The van der Waals surface area contributed by atoms with Crippen molar-refractivity contribution in [1.82, 2.24) is 5.32 Å². The lowest BCUT2D eigenvalue weighted by Crippen LogP contribution is -2.41. The third kappa shape index (κ3) is 3.55. The topological polar surface area (TPSA) is 15.3 Å². The molecule has 0 aromatic heterocycles. The maximum Gasteiger partial charge on any atom is 0.109 e. The molecule has 0 radical (unpaired) electrons. The molecule has 1 aliphatic carbocycles. The van der Waals surface area contributed by atoms with E-state index in [0.29, 0.717) is 12.1 Å². The molecule has 3 aromatic carbocycles. The SMILES string of the molecule is Cc1ccc(N2C3C=CC=CC3NC2P(c2ccccc2)c2ccccc2)cc1. The molecule has 0 bridgehead atoms. The van der Waals surface area contributed by atoms with Crippen LogP contribution in [0.1, 0.15) is 5.56 Å². The van der Waals surface area contributed by atoms with Gasteiger partial charge in [-0.1, -0.05) is 103 Å². The van der Waals surface area contributed by atoms with Gasteiger partial charge in [0, 0.05) is 5.69 Å². The van der Waals surface area contributed by atoms with Crippen molar-refractivity contribution in [1.29, 1.82) is 0 Å². The van der Waals surface area contributed by atoms with Gasteiger partial charge in [0.05, 0.1) is 12.1 Å². The standard InChI is InChI=1S/C26H25N2P/c1-20-16-18-21(19-17-20)28-25-15-9-8-14-24(25)27-26(28)29(22-10-4-2-5-11-22)23-12-6-3-7-13-23/h2-19,24-27H,1H3. The van der Waals surface area contributed by atoms with Gasteiger partial charge in [0.25, 0.3) is 0 Å². The van der Waals surface area contributed by atoms with Gasteiger partial charge >= 0.3 is 0 Å². The minimum Gasteiger partial charge on any atom is -0.343 e. The van der Waals surface area contributed by atoms with Gasteiger partial charge < -0.3 is 4.90 Å². The first-order valence-electron chi connectivity index (χ1n) is 10.2. The summed E-state index contributed by atoms with van der Waals surface area (Å²) in [5.74, 6) is 0.222. The summed E-state index contributed by atoms with van der Waals surface area (Å²) in [6.07, 6.45) is 8.98. The molecule has 3 atom stereocenters. The molecule has 1 saturated heterocycles. The predicted molar refractivity (Wildman–Crippen MR) is 126 cm³/mol. The molecule has 3 aromatic rings. The summed E-state index contributed by atoms with van der Waals surface area (Å²) >= 11 is 0. The van der Waals surface area contributed by atoms with Crippen molar-refractivity contribution in [3.05, 3.63) is 115 Å². The van der Waals surface area contributed by atoms with Crippen LogP contribution in [0.4, 0.5) is 5.69 Å². The number of allylic oxidation sites excluding steroid dienone is 2. The number of anilines is 1. The molecule has 1 fully saturated rings. The van der Waals surface area contributed by atoms with E-state index in [1.807, 2.05) is 0 Å². The van der Waals surface area contributed by atoms with E-state index < -0.39 is 7.92 Å². The van der Waals surface area contributed by atoms with Crippen LogP contribution in [0.3, 0.4) is 0 Å². The number of nitrogens with zero attached hydrogens (tertiary/aromatic N) is 1. The van der Waals surface area contributed by atoms with Crippen molar-refractivity contribution >= 4 is 24.2 Å². The van der Waals surface area contributed by atoms with Gasteiger partial charge in [0.1, 0.15) is 5.91 Å². The molecular formula is C26H25N2P. The first-order valence-corrected chi connectivity index (χ1v) is 11.6. The molecule has 1 aliphatic heterocycles. The van der Waals surface area contributed by atoms with Crippen molar-refractivity contribution in [2.45, 2.75) is 24.9 Å². The van der Waals surface area contributed by atoms with Crippen molar-refractivity contribution in [2.24, 2.45) is 0 Å². The van der Waals surface area contributed by atoms with Gasteiger partial charge in [0.15, 0.2) is 0 Å². The molecule has 0 amide bonds. The molecule has 0 saturated carbocycles. The van der Waals surface area contributed by atoms with E-state index in [0.717, 1.165) is 0 Å². The van der Waals surface area contributed by atoms with Crippen molar-refractivity contribution in [3.63, 3.8) is 0 Å². The number of benzene rings is 3. The Hall–Kier alpha value is -2.67. The Morgan fingerprint density at radius 3 is 1.93 bits per heavy atom. The summed E-state index contributed by atoms with van der Waals surface area (Å²) in [4.78, 5) is 2.59.